The van der Waals surface area contributed by atoms with E-state index in [0.29, 0.717) is 24.2 Å². The van der Waals surface area contributed by atoms with Gasteiger partial charge < -0.3 is 21.3 Å². The SMILES string of the molecule is CC1CNC(C)CN[C@@H](C)CNC(C)CN1. The minimum Gasteiger partial charge on any atom is -0.311 e. The van der Waals surface area contributed by atoms with E-state index < -0.39 is 0 Å². The first-order chi connectivity index (χ1) is 7.58. The Hall–Kier alpha value is -0.160. The van der Waals surface area contributed by atoms with Crippen LogP contribution in [0.4, 0.5) is 0 Å². The van der Waals surface area contributed by atoms with Crippen molar-refractivity contribution in [1.29, 1.82) is 0 Å². The topological polar surface area (TPSA) is 48.1 Å². The molecule has 0 aromatic heterocycles. The molecule has 4 heteroatoms. The highest BCUT2D eigenvalue weighted by Crippen LogP contribution is 1.90. The van der Waals surface area contributed by atoms with Crippen molar-refractivity contribution < 1.29 is 0 Å². The molecule has 1 heterocycles. The third kappa shape index (κ3) is 5.80. The minimum atomic E-state index is 0.531. The van der Waals surface area contributed by atoms with Crippen molar-refractivity contribution in [3.05, 3.63) is 0 Å². The second kappa shape index (κ2) is 7.22. The van der Waals surface area contributed by atoms with Gasteiger partial charge in [-0.1, -0.05) is 0 Å². The summed E-state index contributed by atoms with van der Waals surface area (Å²) >= 11 is 0. The molecule has 4 atom stereocenters. The summed E-state index contributed by atoms with van der Waals surface area (Å²) in [6.07, 6.45) is 0. The van der Waals surface area contributed by atoms with Gasteiger partial charge in [0.25, 0.3) is 0 Å². The lowest BCUT2D eigenvalue weighted by atomic mass is 10.2. The molecule has 0 spiro atoms. The van der Waals surface area contributed by atoms with E-state index >= 15 is 0 Å². The lowest BCUT2D eigenvalue weighted by molar-refractivity contribution is 0.376. The maximum absolute atomic E-state index is 3.54. The average molecular weight is 228 g/mol. The van der Waals surface area contributed by atoms with E-state index in [4.69, 9.17) is 0 Å². The summed E-state index contributed by atoms with van der Waals surface area (Å²) in [5, 5.41) is 14.2. The van der Waals surface area contributed by atoms with E-state index in [-0.39, 0.29) is 0 Å². The monoisotopic (exact) mass is 228 g/mol. The van der Waals surface area contributed by atoms with Crippen molar-refractivity contribution in [3.8, 4) is 0 Å². The molecule has 1 fully saturated rings. The van der Waals surface area contributed by atoms with Crippen LogP contribution in [-0.2, 0) is 0 Å². The van der Waals surface area contributed by atoms with Crippen LogP contribution in [0.3, 0.4) is 0 Å². The van der Waals surface area contributed by atoms with Gasteiger partial charge in [0.2, 0.25) is 0 Å². The van der Waals surface area contributed by atoms with Crippen LogP contribution < -0.4 is 21.3 Å². The van der Waals surface area contributed by atoms with Gasteiger partial charge in [0, 0.05) is 50.3 Å². The van der Waals surface area contributed by atoms with Crippen molar-refractivity contribution in [2.45, 2.75) is 51.9 Å². The largest absolute Gasteiger partial charge is 0.311 e. The zero-order chi connectivity index (χ0) is 12.0. The Morgan fingerprint density at radius 1 is 0.500 bits per heavy atom. The number of nitrogens with one attached hydrogen (secondary N) is 4. The molecule has 0 amide bonds. The molecular weight excluding hydrogens is 200 g/mol. The zero-order valence-corrected chi connectivity index (χ0v) is 11.1. The Kier molecular flexibility index (Phi) is 6.28. The highest BCUT2D eigenvalue weighted by molar-refractivity contribution is 4.77. The summed E-state index contributed by atoms with van der Waals surface area (Å²) in [6.45, 7) is 13.0. The third-order valence-electron chi connectivity index (χ3n) is 3.09. The Labute approximate surface area is 99.9 Å². The summed E-state index contributed by atoms with van der Waals surface area (Å²) in [6, 6.07) is 2.12. The quantitative estimate of drug-likeness (QED) is 0.468. The molecule has 4 nitrogen and oxygen atoms in total. The first-order valence-electron chi connectivity index (χ1n) is 6.51. The molecule has 0 aromatic carbocycles. The van der Waals surface area contributed by atoms with Gasteiger partial charge in [-0.25, -0.2) is 0 Å². The van der Waals surface area contributed by atoms with Crippen LogP contribution in [0.1, 0.15) is 27.7 Å². The molecule has 1 aliphatic heterocycles. The fourth-order valence-electron chi connectivity index (χ4n) is 1.80. The van der Waals surface area contributed by atoms with Crippen LogP contribution in [0.25, 0.3) is 0 Å². The van der Waals surface area contributed by atoms with Gasteiger partial charge in [0.1, 0.15) is 0 Å². The summed E-state index contributed by atoms with van der Waals surface area (Å²) in [5.41, 5.74) is 0. The molecule has 96 valence electrons. The van der Waals surface area contributed by atoms with Gasteiger partial charge in [-0.05, 0) is 27.7 Å². The molecule has 1 aliphatic rings. The third-order valence-corrected chi connectivity index (χ3v) is 3.09. The second-order valence-electron chi connectivity index (χ2n) is 5.24. The lowest BCUT2D eigenvalue weighted by Gasteiger charge is -2.26. The van der Waals surface area contributed by atoms with E-state index in [9.17, 15) is 0 Å². The number of hydrogen-bond donors (Lipinski definition) is 4. The molecule has 0 aromatic rings. The van der Waals surface area contributed by atoms with Gasteiger partial charge in [0.15, 0.2) is 0 Å². The van der Waals surface area contributed by atoms with Gasteiger partial charge >= 0.3 is 0 Å². The molecule has 0 saturated carbocycles. The Morgan fingerprint density at radius 2 is 0.688 bits per heavy atom. The van der Waals surface area contributed by atoms with Crippen molar-refractivity contribution >= 4 is 0 Å². The number of rotatable bonds is 0. The Morgan fingerprint density at radius 3 is 0.875 bits per heavy atom. The maximum Gasteiger partial charge on any atom is 0.0164 e. The predicted molar refractivity (Wildman–Crippen MR) is 69.9 cm³/mol. The highest BCUT2D eigenvalue weighted by atomic mass is 15.1. The maximum atomic E-state index is 3.54. The summed E-state index contributed by atoms with van der Waals surface area (Å²) in [4.78, 5) is 0. The standard InChI is InChI=1S/C12H28N4/c1-9-5-14-11(3)7-16-12(4)8-15-10(2)6-13-9/h9-16H,5-8H2,1-4H3/t9-,10?,11?,12?/m0/s1. The molecule has 0 bridgehead atoms. The molecular formula is C12H28N4. The van der Waals surface area contributed by atoms with E-state index in [2.05, 4.69) is 49.0 Å². The van der Waals surface area contributed by atoms with E-state index in [1.54, 1.807) is 0 Å². The highest BCUT2D eigenvalue weighted by Gasteiger charge is 2.11. The first-order valence-corrected chi connectivity index (χ1v) is 6.51. The summed E-state index contributed by atoms with van der Waals surface area (Å²) < 4.78 is 0. The minimum absolute atomic E-state index is 0.531. The molecule has 1 rings (SSSR count). The Bertz CT molecular complexity index is 130. The molecule has 0 radical (unpaired) electrons. The normalized spacial score (nSPS) is 39.8. The van der Waals surface area contributed by atoms with Crippen LogP contribution in [0, 0.1) is 0 Å². The van der Waals surface area contributed by atoms with E-state index in [1.165, 1.54) is 0 Å². The molecule has 0 aliphatic carbocycles. The second-order valence-corrected chi connectivity index (χ2v) is 5.24. The van der Waals surface area contributed by atoms with Gasteiger partial charge in [-0.2, -0.15) is 0 Å². The van der Waals surface area contributed by atoms with E-state index in [0.717, 1.165) is 26.2 Å². The van der Waals surface area contributed by atoms with Crippen LogP contribution in [0.2, 0.25) is 0 Å². The van der Waals surface area contributed by atoms with Crippen LogP contribution in [0.15, 0.2) is 0 Å². The first kappa shape index (κ1) is 13.9. The molecule has 16 heavy (non-hydrogen) atoms. The Balaban J connectivity index is 2.39. The van der Waals surface area contributed by atoms with Crippen LogP contribution in [0.5, 0.6) is 0 Å². The fraction of sp³-hybridized carbons (Fsp3) is 1.00. The van der Waals surface area contributed by atoms with Gasteiger partial charge in [0.05, 0.1) is 0 Å². The lowest BCUT2D eigenvalue weighted by Crippen LogP contribution is -2.51. The van der Waals surface area contributed by atoms with E-state index in [1.807, 2.05) is 0 Å². The van der Waals surface area contributed by atoms with Crippen molar-refractivity contribution in [2.75, 3.05) is 26.2 Å². The van der Waals surface area contributed by atoms with Gasteiger partial charge in [-0.15, -0.1) is 0 Å². The van der Waals surface area contributed by atoms with Crippen molar-refractivity contribution in [3.63, 3.8) is 0 Å². The summed E-state index contributed by atoms with van der Waals surface area (Å²) in [7, 11) is 0. The average Bonchev–Trinajstić information content (AvgIpc) is 2.27. The summed E-state index contributed by atoms with van der Waals surface area (Å²) in [5.74, 6) is 0. The smallest absolute Gasteiger partial charge is 0.0164 e. The predicted octanol–water partition coefficient (Wildman–Crippen LogP) is -0.0876. The molecule has 4 N–H and O–H groups in total. The van der Waals surface area contributed by atoms with Gasteiger partial charge in [-0.3, -0.25) is 0 Å². The fourth-order valence-corrected chi connectivity index (χ4v) is 1.80. The van der Waals surface area contributed by atoms with Crippen molar-refractivity contribution in [1.82, 2.24) is 21.3 Å². The van der Waals surface area contributed by atoms with Crippen molar-refractivity contribution in [2.24, 2.45) is 0 Å². The zero-order valence-electron chi connectivity index (χ0n) is 11.1. The molecule has 3 unspecified atom stereocenters. The number of hydrogen-bond acceptors (Lipinski definition) is 4. The van der Waals surface area contributed by atoms with Crippen LogP contribution in [-0.4, -0.2) is 50.3 Å². The van der Waals surface area contributed by atoms with Crippen LogP contribution >= 0.6 is 0 Å². The molecule has 1 saturated heterocycles.